The summed E-state index contributed by atoms with van der Waals surface area (Å²) >= 11 is 0. The van der Waals surface area contributed by atoms with Gasteiger partial charge in [-0.3, -0.25) is 4.99 Å². The van der Waals surface area contributed by atoms with Crippen molar-refractivity contribution in [3.8, 4) is 5.75 Å². The topological polar surface area (TPSA) is 30.8 Å². The van der Waals surface area contributed by atoms with Crippen molar-refractivity contribution in [2.75, 3.05) is 6.79 Å². The van der Waals surface area contributed by atoms with Gasteiger partial charge in [-0.05, 0) is 47.0 Å². The van der Waals surface area contributed by atoms with Crippen LogP contribution in [0.5, 0.6) is 5.75 Å². The molecule has 2 heterocycles. The van der Waals surface area contributed by atoms with Gasteiger partial charge in [0.2, 0.25) is 6.79 Å². The third-order valence-corrected chi connectivity index (χ3v) is 4.11. The van der Waals surface area contributed by atoms with E-state index >= 15 is 0 Å². The maximum absolute atomic E-state index is 5.68. The van der Waals surface area contributed by atoms with E-state index in [0.717, 1.165) is 23.1 Å². The second-order valence-corrected chi connectivity index (χ2v) is 5.22. The van der Waals surface area contributed by atoms with E-state index in [2.05, 4.69) is 29.3 Å². The number of rotatable bonds is 0. The van der Waals surface area contributed by atoms with E-state index in [1.807, 2.05) is 18.5 Å². The molecule has 0 aromatic heterocycles. The molecule has 5 rings (SSSR count). The van der Waals surface area contributed by atoms with Crippen molar-refractivity contribution in [1.82, 2.24) is 0 Å². The molecule has 0 amide bonds. The predicted octanol–water partition coefficient (Wildman–Crippen LogP) is 1.60. The van der Waals surface area contributed by atoms with Crippen LogP contribution in [0.15, 0.2) is 35.3 Å². The van der Waals surface area contributed by atoms with Crippen molar-refractivity contribution in [2.24, 2.45) is 4.99 Å². The summed E-state index contributed by atoms with van der Waals surface area (Å²) in [5.74, 6) is 1.85. The van der Waals surface area contributed by atoms with E-state index in [9.17, 15) is 0 Å². The first-order valence-electron chi connectivity index (χ1n) is 6.70. The van der Waals surface area contributed by atoms with Crippen LogP contribution in [0.1, 0.15) is 11.1 Å². The van der Waals surface area contributed by atoms with Crippen molar-refractivity contribution in [1.29, 1.82) is 0 Å². The number of ether oxygens (including phenoxy) is 2. The number of hydrogen-bond donors (Lipinski definition) is 0. The minimum atomic E-state index is 0.289. The number of hydrogen-bond acceptors (Lipinski definition) is 3. The first kappa shape index (κ1) is 10.3. The maximum atomic E-state index is 5.68. The fraction of sp³-hybridized carbons (Fsp3) is 0.118. The average molecular weight is 261 g/mol. The van der Waals surface area contributed by atoms with E-state index < -0.39 is 0 Å². The molecule has 0 atom stereocenters. The van der Waals surface area contributed by atoms with Crippen LogP contribution in [-0.2, 0) is 11.2 Å². The molecular weight excluding hydrogens is 250 g/mol. The van der Waals surface area contributed by atoms with Gasteiger partial charge in [0.25, 0.3) is 0 Å². The van der Waals surface area contributed by atoms with Gasteiger partial charge in [0.1, 0.15) is 11.5 Å². The summed E-state index contributed by atoms with van der Waals surface area (Å²) < 4.78 is 11.3. The Labute approximate surface area is 115 Å². The summed E-state index contributed by atoms with van der Waals surface area (Å²) in [7, 11) is 0. The molecule has 2 aliphatic heterocycles. The van der Waals surface area contributed by atoms with Crippen LogP contribution < -0.4 is 15.2 Å². The number of fused-ring (bicyclic) bond motifs is 3. The summed E-state index contributed by atoms with van der Waals surface area (Å²) in [6.45, 7) is 0.289. The zero-order chi connectivity index (χ0) is 13.1. The number of allylic oxidation sites excluding steroid dienone is 1. The molecule has 0 saturated carbocycles. The largest absolute Gasteiger partial charge is 0.457 e. The number of nitrogens with zero attached hydrogens (tertiary/aromatic N) is 1. The van der Waals surface area contributed by atoms with E-state index in [4.69, 9.17) is 9.47 Å². The van der Waals surface area contributed by atoms with Crippen LogP contribution in [0.25, 0.3) is 22.7 Å². The van der Waals surface area contributed by atoms with Crippen LogP contribution in [-0.4, -0.2) is 13.0 Å². The van der Waals surface area contributed by atoms with E-state index in [0.29, 0.717) is 0 Å². The van der Waals surface area contributed by atoms with Crippen LogP contribution in [0.3, 0.4) is 0 Å². The smallest absolute Gasteiger partial charge is 0.230 e. The second-order valence-electron chi connectivity index (χ2n) is 5.22. The van der Waals surface area contributed by atoms with E-state index in [1.165, 1.54) is 27.1 Å². The average Bonchev–Trinajstić information content (AvgIpc) is 2.93. The molecule has 3 aliphatic rings. The zero-order valence-electron chi connectivity index (χ0n) is 10.7. The number of aliphatic imine (C=N–C) groups is 1. The highest BCUT2D eigenvalue weighted by atomic mass is 16.7. The lowest BCUT2D eigenvalue weighted by Gasteiger charge is -2.22. The molecule has 0 saturated heterocycles. The fourth-order valence-corrected chi connectivity index (χ4v) is 3.19. The molecule has 2 aromatic carbocycles. The van der Waals surface area contributed by atoms with Gasteiger partial charge in [0.05, 0.1) is 5.22 Å². The summed E-state index contributed by atoms with van der Waals surface area (Å²) in [6.07, 6.45) is 8.93. The van der Waals surface area contributed by atoms with Gasteiger partial charge in [-0.15, -0.1) is 0 Å². The molecule has 96 valence electrons. The monoisotopic (exact) mass is 261 g/mol. The Morgan fingerprint density at radius 1 is 1.10 bits per heavy atom. The molecule has 3 nitrogen and oxygen atoms in total. The van der Waals surface area contributed by atoms with Crippen molar-refractivity contribution in [3.05, 3.63) is 51.9 Å². The molecule has 3 heteroatoms. The van der Waals surface area contributed by atoms with Gasteiger partial charge in [0.15, 0.2) is 0 Å². The molecule has 0 unspecified atom stereocenters. The summed E-state index contributed by atoms with van der Waals surface area (Å²) in [5.41, 5.74) is 2.47. The van der Waals surface area contributed by atoms with Gasteiger partial charge in [-0.2, -0.15) is 0 Å². The van der Waals surface area contributed by atoms with Crippen molar-refractivity contribution >= 4 is 28.9 Å². The molecule has 0 spiro atoms. The number of benzene rings is 2. The first-order valence-corrected chi connectivity index (χ1v) is 6.70. The van der Waals surface area contributed by atoms with Gasteiger partial charge >= 0.3 is 0 Å². The van der Waals surface area contributed by atoms with E-state index in [1.54, 1.807) is 0 Å². The minimum absolute atomic E-state index is 0.289. The van der Waals surface area contributed by atoms with Gasteiger partial charge in [-0.1, -0.05) is 6.08 Å². The minimum Gasteiger partial charge on any atom is -0.457 e. The molecule has 1 aliphatic carbocycles. The second kappa shape index (κ2) is 3.51. The Balaban J connectivity index is 2.01. The van der Waals surface area contributed by atoms with Crippen molar-refractivity contribution in [2.45, 2.75) is 6.42 Å². The highest BCUT2D eigenvalue weighted by Crippen LogP contribution is 2.27. The van der Waals surface area contributed by atoms with Gasteiger partial charge < -0.3 is 9.47 Å². The summed E-state index contributed by atoms with van der Waals surface area (Å²) in [5, 5.41) is 4.76. The highest BCUT2D eigenvalue weighted by Gasteiger charge is 2.19. The quantitative estimate of drug-likeness (QED) is 0.721. The van der Waals surface area contributed by atoms with Gasteiger partial charge in [0, 0.05) is 23.2 Å². The first-order chi connectivity index (χ1) is 9.90. The third kappa shape index (κ3) is 1.22. The van der Waals surface area contributed by atoms with E-state index in [-0.39, 0.29) is 6.79 Å². The lowest BCUT2D eigenvalue weighted by atomic mass is 9.93. The maximum Gasteiger partial charge on any atom is 0.230 e. The van der Waals surface area contributed by atoms with Crippen LogP contribution in [0, 0.1) is 0 Å². The lowest BCUT2D eigenvalue weighted by molar-refractivity contribution is 0.0822. The molecular formula is C17H11NO2. The Morgan fingerprint density at radius 2 is 2.10 bits per heavy atom. The molecule has 0 N–H and O–H groups in total. The molecule has 0 bridgehead atoms. The Hall–Kier alpha value is -2.55. The Bertz CT molecular complexity index is 951. The normalized spacial score (nSPS) is 17.3. The Morgan fingerprint density at radius 3 is 3.10 bits per heavy atom. The standard InChI is InChI=1S/C17H11NO2/c1-2-13-14-5-12-8-18-7-11(12)4-10(14)6-16-17(13)15(3-1)19-9-20-16/h1,3-8H,2,9H2. The zero-order valence-corrected chi connectivity index (χ0v) is 10.7. The summed E-state index contributed by atoms with van der Waals surface area (Å²) in [4.78, 5) is 4.23. The highest BCUT2D eigenvalue weighted by molar-refractivity contribution is 5.96. The van der Waals surface area contributed by atoms with Crippen LogP contribution in [0.4, 0.5) is 0 Å². The SMILES string of the molecule is C1=CC2=c3c(cc4cc5c(cc4c3C1)C=NC=5)OCO2. The lowest BCUT2D eigenvalue weighted by Crippen LogP contribution is -2.26. The summed E-state index contributed by atoms with van der Waals surface area (Å²) in [6, 6.07) is 6.52. The predicted molar refractivity (Wildman–Crippen MR) is 78.1 cm³/mol. The third-order valence-electron chi connectivity index (χ3n) is 4.11. The molecule has 20 heavy (non-hydrogen) atoms. The van der Waals surface area contributed by atoms with Crippen LogP contribution in [0.2, 0.25) is 0 Å². The van der Waals surface area contributed by atoms with Crippen LogP contribution >= 0.6 is 0 Å². The molecule has 0 radical (unpaired) electrons. The van der Waals surface area contributed by atoms with Gasteiger partial charge in [-0.25, -0.2) is 0 Å². The Kier molecular flexibility index (Phi) is 1.80. The fourth-order valence-electron chi connectivity index (χ4n) is 3.19. The molecule has 2 aromatic rings. The molecule has 0 fully saturated rings. The van der Waals surface area contributed by atoms with Crippen molar-refractivity contribution in [3.63, 3.8) is 0 Å². The van der Waals surface area contributed by atoms with Crippen molar-refractivity contribution < 1.29 is 9.47 Å².